The zero-order valence-electron chi connectivity index (χ0n) is 21.5. The van der Waals surface area contributed by atoms with E-state index in [1.165, 1.54) is 0 Å². The molecule has 3 amide bonds. The summed E-state index contributed by atoms with van der Waals surface area (Å²) in [6.07, 6.45) is 1.61. The standard InChI is InChI=1S/C29H26Cl2N2O5S/c1-4-37-25-13-19(9-11-24(25)38-16-27(34)32-23-10-8-17(2)12-18(23)3)14-26-28(35)33(29(36)39-26)15-20-21(30)6-5-7-22(20)31/h5-14H,4,15-16H2,1-3H3,(H,32,34)/b26-14-. The molecule has 0 bridgehead atoms. The number of thioether (sulfide) groups is 1. The predicted molar refractivity (Wildman–Crippen MR) is 156 cm³/mol. The number of halogens is 2. The molecule has 1 aliphatic heterocycles. The number of benzene rings is 3. The Hall–Kier alpha value is -3.46. The van der Waals surface area contributed by atoms with E-state index in [1.54, 1.807) is 42.5 Å². The fraction of sp³-hybridized carbons (Fsp3) is 0.207. The first-order chi connectivity index (χ1) is 18.7. The van der Waals surface area contributed by atoms with E-state index >= 15 is 0 Å². The highest BCUT2D eigenvalue weighted by molar-refractivity contribution is 8.18. The van der Waals surface area contributed by atoms with Crippen LogP contribution in [0.4, 0.5) is 10.5 Å². The third kappa shape index (κ3) is 6.95. The zero-order chi connectivity index (χ0) is 28.1. The van der Waals surface area contributed by atoms with Gasteiger partial charge in [0.25, 0.3) is 17.1 Å². The number of rotatable bonds is 9. The Morgan fingerprint density at radius 1 is 1.00 bits per heavy atom. The van der Waals surface area contributed by atoms with Crippen LogP contribution in [0.25, 0.3) is 6.08 Å². The van der Waals surface area contributed by atoms with Crippen LogP contribution in [0.5, 0.6) is 11.5 Å². The minimum Gasteiger partial charge on any atom is -0.490 e. The van der Waals surface area contributed by atoms with Crippen LogP contribution in [0, 0.1) is 13.8 Å². The van der Waals surface area contributed by atoms with E-state index in [2.05, 4.69) is 5.32 Å². The SMILES string of the molecule is CCOc1cc(/C=C2\SC(=O)N(Cc3c(Cl)cccc3Cl)C2=O)ccc1OCC(=O)Nc1ccc(C)cc1C. The molecule has 0 radical (unpaired) electrons. The fourth-order valence-corrected chi connectivity index (χ4v) is 5.27. The molecule has 1 aliphatic rings. The van der Waals surface area contributed by atoms with Crippen molar-refractivity contribution in [3.63, 3.8) is 0 Å². The van der Waals surface area contributed by atoms with Gasteiger partial charge in [-0.2, -0.15) is 0 Å². The van der Waals surface area contributed by atoms with Crippen molar-refractivity contribution in [2.75, 3.05) is 18.5 Å². The van der Waals surface area contributed by atoms with E-state index in [-0.39, 0.29) is 24.0 Å². The zero-order valence-corrected chi connectivity index (χ0v) is 23.9. The minimum absolute atomic E-state index is 0.0261. The van der Waals surface area contributed by atoms with Crippen molar-refractivity contribution in [3.8, 4) is 11.5 Å². The second kappa shape index (κ2) is 12.6. The average Bonchev–Trinajstić information content (AvgIpc) is 3.14. The Kier molecular flexibility index (Phi) is 9.22. The number of ether oxygens (including phenoxy) is 2. The number of amides is 3. The third-order valence-electron chi connectivity index (χ3n) is 5.83. The number of carbonyl (C=O) groups is 3. The lowest BCUT2D eigenvalue weighted by Gasteiger charge is -2.15. The molecule has 3 aromatic rings. The molecule has 1 fully saturated rings. The van der Waals surface area contributed by atoms with E-state index in [0.29, 0.717) is 39.3 Å². The molecule has 39 heavy (non-hydrogen) atoms. The number of imide groups is 1. The Morgan fingerprint density at radius 2 is 1.74 bits per heavy atom. The third-order valence-corrected chi connectivity index (χ3v) is 7.45. The normalized spacial score (nSPS) is 14.2. The summed E-state index contributed by atoms with van der Waals surface area (Å²) in [6.45, 7) is 5.87. The van der Waals surface area contributed by atoms with Gasteiger partial charge in [-0.15, -0.1) is 0 Å². The molecule has 1 N–H and O–H groups in total. The van der Waals surface area contributed by atoms with Gasteiger partial charge in [0, 0.05) is 21.3 Å². The summed E-state index contributed by atoms with van der Waals surface area (Å²) in [4.78, 5) is 39.5. The van der Waals surface area contributed by atoms with Gasteiger partial charge in [0.1, 0.15) is 0 Å². The molecular weight excluding hydrogens is 559 g/mol. The van der Waals surface area contributed by atoms with Crippen molar-refractivity contribution in [1.82, 2.24) is 4.90 Å². The monoisotopic (exact) mass is 584 g/mol. The molecule has 0 spiro atoms. The first-order valence-corrected chi connectivity index (χ1v) is 13.7. The molecule has 0 unspecified atom stereocenters. The number of carbonyl (C=O) groups excluding carboxylic acids is 3. The van der Waals surface area contributed by atoms with E-state index < -0.39 is 11.1 Å². The van der Waals surface area contributed by atoms with Gasteiger partial charge in [0.05, 0.1) is 18.1 Å². The van der Waals surface area contributed by atoms with Gasteiger partial charge in [-0.3, -0.25) is 19.3 Å². The molecule has 0 atom stereocenters. The van der Waals surface area contributed by atoms with Crippen molar-refractivity contribution < 1.29 is 23.9 Å². The highest BCUT2D eigenvalue weighted by atomic mass is 35.5. The van der Waals surface area contributed by atoms with E-state index in [4.69, 9.17) is 32.7 Å². The first-order valence-electron chi connectivity index (χ1n) is 12.1. The van der Waals surface area contributed by atoms with Gasteiger partial charge < -0.3 is 14.8 Å². The van der Waals surface area contributed by atoms with Gasteiger partial charge in [-0.1, -0.05) is 53.0 Å². The van der Waals surface area contributed by atoms with Crippen molar-refractivity contribution >= 4 is 63.8 Å². The molecule has 1 heterocycles. The smallest absolute Gasteiger partial charge is 0.293 e. The number of aryl methyl sites for hydroxylation is 2. The van der Waals surface area contributed by atoms with Crippen LogP contribution >= 0.6 is 35.0 Å². The van der Waals surface area contributed by atoms with Gasteiger partial charge in [-0.05, 0) is 80.1 Å². The molecule has 0 aromatic heterocycles. The fourth-order valence-electron chi connectivity index (χ4n) is 3.91. The number of hydrogen-bond acceptors (Lipinski definition) is 6. The second-order valence-electron chi connectivity index (χ2n) is 8.76. The van der Waals surface area contributed by atoms with Crippen molar-refractivity contribution in [3.05, 3.63) is 91.8 Å². The summed E-state index contributed by atoms with van der Waals surface area (Å²) < 4.78 is 11.5. The van der Waals surface area contributed by atoms with Crippen molar-refractivity contribution in [1.29, 1.82) is 0 Å². The van der Waals surface area contributed by atoms with E-state index in [1.807, 2.05) is 39.0 Å². The maximum absolute atomic E-state index is 13.0. The largest absolute Gasteiger partial charge is 0.490 e. The van der Waals surface area contributed by atoms with Crippen LogP contribution in [0.1, 0.15) is 29.2 Å². The topological polar surface area (TPSA) is 84.9 Å². The summed E-state index contributed by atoms with van der Waals surface area (Å²) in [5.41, 5.74) is 3.93. The Labute approximate surface area is 241 Å². The summed E-state index contributed by atoms with van der Waals surface area (Å²) in [6, 6.07) is 15.9. The molecule has 0 saturated carbocycles. The molecule has 202 valence electrons. The highest BCUT2D eigenvalue weighted by Gasteiger charge is 2.35. The van der Waals surface area contributed by atoms with E-state index in [9.17, 15) is 14.4 Å². The quantitative estimate of drug-likeness (QED) is 0.266. The van der Waals surface area contributed by atoms with Gasteiger partial charge >= 0.3 is 0 Å². The molecule has 3 aromatic carbocycles. The van der Waals surface area contributed by atoms with Crippen LogP contribution < -0.4 is 14.8 Å². The van der Waals surface area contributed by atoms with Crippen molar-refractivity contribution in [2.45, 2.75) is 27.3 Å². The summed E-state index contributed by atoms with van der Waals surface area (Å²) in [7, 11) is 0. The van der Waals surface area contributed by atoms with Crippen LogP contribution in [-0.4, -0.2) is 35.2 Å². The number of nitrogens with zero attached hydrogens (tertiary/aromatic N) is 1. The first kappa shape index (κ1) is 28.5. The maximum Gasteiger partial charge on any atom is 0.293 e. The molecule has 7 nitrogen and oxygen atoms in total. The lowest BCUT2D eigenvalue weighted by molar-refractivity contribution is -0.123. The molecule has 1 saturated heterocycles. The molecule has 4 rings (SSSR count). The van der Waals surface area contributed by atoms with Crippen LogP contribution in [0.2, 0.25) is 10.0 Å². The minimum atomic E-state index is -0.442. The predicted octanol–water partition coefficient (Wildman–Crippen LogP) is 7.26. The highest BCUT2D eigenvalue weighted by Crippen LogP contribution is 2.37. The van der Waals surface area contributed by atoms with E-state index in [0.717, 1.165) is 33.5 Å². The van der Waals surface area contributed by atoms with Gasteiger partial charge in [-0.25, -0.2) is 0 Å². The lowest BCUT2D eigenvalue weighted by atomic mass is 10.1. The molecule has 10 heteroatoms. The molecular formula is C29H26Cl2N2O5S. The second-order valence-corrected chi connectivity index (χ2v) is 10.6. The molecule has 0 aliphatic carbocycles. The Bertz CT molecular complexity index is 1450. The Morgan fingerprint density at radius 3 is 2.44 bits per heavy atom. The van der Waals surface area contributed by atoms with Gasteiger partial charge in [0.2, 0.25) is 0 Å². The Balaban J connectivity index is 1.46. The summed E-state index contributed by atoms with van der Waals surface area (Å²) in [5.74, 6) is 0.0435. The maximum atomic E-state index is 13.0. The number of anilines is 1. The summed E-state index contributed by atoms with van der Waals surface area (Å²) >= 11 is 13.3. The van der Waals surface area contributed by atoms with Crippen LogP contribution in [0.3, 0.4) is 0 Å². The van der Waals surface area contributed by atoms with Gasteiger partial charge in [0.15, 0.2) is 18.1 Å². The van der Waals surface area contributed by atoms with Crippen molar-refractivity contribution in [2.24, 2.45) is 0 Å². The lowest BCUT2D eigenvalue weighted by Crippen LogP contribution is -2.27. The van der Waals surface area contributed by atoms with Crippen LogP contribution in [0.15, 0.2) is 59.5 Å². The summed E-state index contributed by atoms with van der Waals surface area (Å²) in [5, 5.41) is 3.19. The van der Waals surface area contributed by atoms with Crippen LogP contribution in [-0.2, 0) is 16.1 Å². The number of hydrogen-bond donors (Lipinski definition) is 1. The average molecular weight is 586 g/mol. The number of nitrogens with one attached hydrogen (secondary N) is 1.